The number of hydrogen-bond donors (Lipinski definition) is 0. The van der Waals surface area contributed by atoms with Gasteiger partial charge in [0.25, 0.3) is 0 Å². The summed E-state index contributed by atoms with van der Waals surface area (Å²) in [7, 11) is 0. The maximum absolute atomic E-state index is 5.70. The van der Waals surface area contributed by atoms with Crippen LogP contribution in [-0.2, 0) is 4.74 Å². The van der Waals surface area contributed by atoms with Crippen molar-refractivity contribution in [2.24, 2.45) is 5.92 Å². The first-order chi connectivity index (χ1) is 7.42. The second kappa shape index (κ2) is 5.53. The minimum Gasteiger partial charge on any atom is -0.358 e. The maximum Gasteiger partial charge on any atom is 0.121 e. The van der Waals surface area contributed by atoms with Crippen molar-refractivity contribution in [3.8, 4) is 0 Å². The van der Waals surface area contributed by atoms with Crippen LogP contribution >= 0.6 is 11.6 Å². The van der Waals surface area contributed by atoms with Gasteiger partial charge in [-0.1, -0.05) is 54.8 Å². The molecule has 82 valence electrons. The van der Waals surface area contributed by atoms with Gasteiger partial charge in [-0.05, 0) is 24.3 Å². The smallest absolute Gasteiger partial charge is 0.121 e. The van der Waals surface area contributed by atoms with E-state index in [0.29, 0.717) is 5.92 Å². The van der Waals surface area contributed by atoms with Gasteiger partial charge in [-0.3, -0.25) is 0 Å². The first kappa shape index (κ1) is 11.0. The Kier molecular flexibility index (Phi) is 4.04. The second-order valence-corrected chi connectivity index (χ2v) is 4.37. The van der Waals surface area contributed by atoms with Gasteiger partial charge in [0.2, 0.25) is 0 Å². The van der Waals surface area contributed by atoms with E-state index in [1.165, 1.54) is 31.2 Å². The summed E-state index contributed by atoms with van der Waals surface area (Å²) < 4.78 is 5.68. The predicted molar refractivity (Wildman–Crippen MR) is 62.9 cm³/mol. The molecule has 0 N–H and O–H groups in total. The van der Waals surface area contributed by atoms with Crippen LogP contribution in [0.2, 0.25) is 0 Å². The third-order valence-electron chi connectivity index (χ3n) is 3.20. The average Bonchev–Trinajstić information content (AvgIpc) is 2.80. The molecule has 0 saturated heterocycles. The Labute approximate surface area is 96.4 Å². The van der Waals surface area contributed by atoms with Crippen LogP contribution in [0, 0.1) is 5.92 Å². The van der Waals surface area contributed by atoms with E-state index in [4.69, 9.17) is 16.3 Å². The Bertz CT molecular complexity index is 280. The molecule has 0 aromatic heterocycles. The van der Waals surface area contributed by atoms with E-state index in [2.05, 4.69) is 24.3 Å². The molecule has 1 saturated carbocycles. The van der Waals surface area contributed by atoms with Gasteiger partial charge in [-0.2, -0.15) is 0 Å². The molecule has 0 amide bonds. The molecular weight excluding hydrogens is 208 g/mol. The van der Waals surface area contributed by atoms with Crippen LogP contribution in [0.3, 0.4) is 0 Å². The lowest BCUT2D eigenvalue weighted by atomic mass is 9.94. The highest BCUT2D eigenvalue weighted by molar-refractivity contribution is 6.17. The van der Waals surface area contributed by atoms with Crippen LogP contribution in [0.25, 0.3) is 0 Å². The highest BCUT2D eigenvalue weighted by Gasteiger charge is 2.26. The fourth-order valence-corrected chi connectivity index (χ4v) is 2.61. The standard InChI is InChI=1S/C13H17ClO/c14-10-15-13(12-8-4-5-9-12)11-6-2-1-3-7-11/h1-3,6-7,12-13H,4-5,8-10H2. The van der Waals surface area contributed by atoms with Crippen molar-refractivity contribution in [3.05, 3.63) is 35.9 Å². The molecule has 2 rings (SSSR count). The molecule has 15 heavy (non-hydrogen) atoms. The third-order valence-corrected chi connectivity index (χ3v) is 3.32. The average molecular weight is 225 g/mol. The Morgan fingerprint density at radius 3 is 2.47 bits per heavy atom. The largest absolute Gasteiger partial charge is 0.358 e. The molecule has 1 aliphatic rings. The number of alkyl halides is 1. The molecule has 0 aliphatic heterocycles. The van der Waals surface area contributed by atoms with Gasteiger partial charge in [0.1, 0.15) is 6.07 Å². The van der Waals surface area contributed by atoms with Crippen LogP contribution in [0.5, 0.6) is 0 Å². The predicted octanol–water partition coefficient (Wildman–Crippen LogP) is 4.13. The summed E-state index contributed by atoms with van der Waals surface area (Å²) in [5.74, 6) is 0.658. The van der Waals surface area contributed by atoms with Crippen molar-refractivity contribution in [2.75, 3.05) is 6.07 Å². The highest BCUT2D eigenvalue weighted by atomic mass is 35.5. The summed E-state index contributed by atoms with van der Waals surface area (Å²) in [4.78, 5) is 0. The Hall–Kier alpha value is -0.530. The van der Waals surface area contributed by atoms with Crippen molar-refractivity contribution >= 4 is 11.6 Å². The Morgan fingerprint density at radius 1 is 1.20 bits per heavy atom. The van der Waals surface area contributed by atoms with Crippen LogP contribution in [0.1, 0.15) is 37.4 Å². The van der Waals surface area contributed by atoms with Crippen molar-refractivity contribution in [1.82, 2.24) is 0 Å². The van der Waals surface area contributed by atoms with E-state index in [1.54, 1.807) is 0 Å². The van der Waals surface area contributed by atoms with Crippen LogP contribution < -0.4 is 0 Å². The molecule has 0 bridgehead atoms. The molecule has 0 radical (unpaired) electrons. The number of ether oxygens (including phenoxy) is 1. The lowest BCUT2D eigenvalue weighted by Crippen LogP contribution is -2.13. The summed E-state index contributed by atoms with van der Waals surface area (Å²) in [6, 6.07) is 10.7. The van der Waals surface area contributed by atoms with Gasteiger partial charge < -0.3 is 4.74 Å². The minimum absolute atomic E-state index is 0.200. The lowest BCUT2D eigenvalue weighted by Gasteiger charge is -2.23. The van der Waals surface area contributed by atoms with Gasteiger partial charge in [0, 0.05) is 0 Å². The summed E-state index contributed by atoms with van der Waals surface area (Å²) in [5.41, 5.74) is 1.27. The summed E-state index contributed by atoms with van der Waals surface area (Å²) >= 11 is 5.70. The fraction of sp³-hybridized carbons (Fsp3) is 0.538. The molecule has 1 atom stereocenters. The molecule has 1 fully saturated rings. The molecule has 1 aliphatic carbocycles. The van der Waals surface area contributed by atoms with Crippen molar-refractivity contribution in [3.63, 3.8) is 0 Å². The number of rotatable bonds is 4. The second-order valence-electron chi connectivity index (χ2n) is 4.15. The van der Waals surface area contributed by atoms with E-state index in [1.807, 2.05) is 6.07 Å². The maximum atomic E-state index is 5.70. The first-order valence-electron chi connectivity index (χ1n) is 5.64. The van der Waals surface area contributed by atoms with Gasteiger partial charge in [-0.15, -0.1) is 0 Å². The molecule has 1 aromatic rings. The van der Waals surface area contributed by atoms with Crippen molar-refractivity contribution in [2.45, 2.75) is 31.8 Å². The van der Waals surface area contributed by atoms with Crippen LogP contribution in [0.15, 0.2) is 30.3 Å². The van der Waals surface area contributed by atoms with Crippen LogP contribution in [-0.4, -0.2) is 6.07 Å². The number of benzene rings is 1. The van der Waals surface area contributed by atoms with Gasteiger partial charge in [-0.25, -0.2) is 0 Å². The number of halogens is 1. The minimum atomic E-state index is 0.200. The van der Waals surface area contributed by atoms with E-state index in [9.17, 15) is 0 Å². The summed E-state index contributed by atoms with van der Waals surface area (Å²) in [5, 5.41) is 0. The van der Waals surface area contributed by atoms with Gasteiger partial charge in [0.15, 0.2) is 0 Å². The first-order valence-corrected chi connectivity index (χ1v) is 6.18. The fourth-order valence-electron chi connectivity index (χ4n) is 2.48. The third kappa shape index (κ3) is 2.73. The topological polar surface area (TPSA) is 9.23 Å². The molecular formula is C13H17ClO. The van der Waals surface area contributed by atoms with Crippen LogP contribution in [0.4, 0.5) is 0 Å². The molecule has 1 aromatic carbocycles. The monoisotopic (exact) mass is 224 g/mol. The Balaban J connectivity index is 2.11. The molecule has 0 heterocycles. The molecule has 1 unspecified atom stereocenters. The number of hydrogen-bond acceptors (Lipinski definition) is 1. The summed E-state index contributed by atoms with van der Waals surface area (Å²) in [6.07, 6.45) is 5.41. The zero-order valence-electron chi connectivity index (χ0n) is 8.86. The van der Waals surface area contributed by atoms with E-state index in [0.717, 1.165) is 0 Å². The van der Waals surface area contributed by atoms with E-state index < -0.39 is 0 Å². The lowest BCUT2D eigenvalue weighted by molar-refractivity contribution is 0.0406. The highest BCUT2D eigenvalue weighted by Crippen LogP contribution is 2.38. The normalized spacial score (nSPS) is 19.3. The van der Waals surface area contributed by atoms with E-state index in [-0.39, 0.29) is 12.2 Å². The quantitative estimate of drug-likeness (QED) is 0.699. The van der Waals surface area contributed by atoms with Crippen molar-refractivity contribution < 1.29 is 4.74 Å². The Morgan fingerprint density at radius 2 is 1.87 bits per heavy atom. The molecule has 0 spiro atoms. The molecule has 2 heteroatoms. The van der Waals surface area contributed by atoms with Gasteiger partial charge in [0.05, 0.1) is 6.10 Å². The molecule has 1 nitrogen and oxygen atoms in total. The summed E-state index contributed by atoms with van der Waals surface area (Å²) in [6.45, 7) is 0. The van der Waals surface area contributed by atoms with E-state index >= 15 is 0 Å². The zero-order chi connectivity index (χ0) is 10.5. The SMILES string of the molecule is ClCOC(c1ccccc1)C1CCCC1. The van der Waals surface area contributed by atoms with Gasteiger partial charge >= 0.3 is 0 Å². The van der Waals surface area contributed by atoms with Crippen molar-refractivity contribution in [1.29, 1.82) is 0 Å². The zero-order valence-corrected chi connectivity index (χ0v) is 9.62.